The van der Waals surface area contributed by atoms with Crippen LogP contribution in [0.3, 0.4) is 0 Å². The Morgan fingerprint density at radius 1 is 1.24 bits per heavy atom. The normalized spacial score (nSPS) is 13.0. The molecule has 134 valence electrons. The summed E-state index contributed by atoms with van der Waals surface area (Å²) >= 11 is 11.9. The van der Waals surface area contributed by atoms with Crippen LogP contribution in [0, 0.1) is 0 Å². The first-order valence-electron chi connectivity index (χ1n) is 6.42. The number of alkyl halides is 3. The molecule has 25 heavy (non-hydrogen) atoms. The van der Waals surface area contributed by atoms with Crippen LogP contribution in [0.5, 0.6) is 5.75 Å². The van der Waals surface area contributed by atoms with Crippen LogP contribution >= 0.6 is 23.2 Å². The fraction of sp³-hybridized carbons (Fsp3) is 0.143. The minimum Gasteiger partial charge on any atom is -0.406 e. The summed E-state index contributed by atoms with van der Waals surface area (Å²) in [5.74, 6) is -0.497. The lowest BCUT2D eigenvalue weighted by Crippen LogP contribution is -2.16. The van der Waals surface area contributed by atoms with Gasteiger partial charge in [-0.05, 0) is 24.3 Å². The van der Waals surface area contributed by atoms with Gasteiger partial charge in [0, 0.05) is 18.5 Å². The molecule has 11 heteroatoms. The summed E-state index contributed by atoms with van der Waals surface area (Å²) in [5.41, 5.74) is 0.260. The number of benzene rings is 1. The van der Waals surface area contributed by atoms with E-state index in [1.165, 1.54) is 18.2 Å². The lowest BCUT2D eigenvalue weighted by atomic mass is 10.3. The van der Waals surface area contributed by atoms with E-state index in [4.69, 9.17) is 23.2 Å². The quantitative estimate of drug-likeness (QED) is 0.699. The highest BCUT2D eigenvalue weighted by Gasteiger charge is 2.31. The summed E-state index contributed by atoms with van der Waals surface area (Å²) in [4.78, 5) is 7.84. The Morgan fingerprint density at radius 2 is 1.92 bits per heavy atom. The summed E-state index contributed by atoms with van der Waals surface area (Å²) in [6.07, 6.45) is -2.69. The van der Waals surface area contributed by atoms with Crippen molar-refractivity contribution in [3.05, 3.63) is 47.2 Å². The van der Waals surface area contributed by atoms with Crippen LogP contribution in [0.2, 0.25) is 5.02 Å². The van der Waals surface area contributed by atoms with Crippen molar-refractivity contribution in [1.29, 1.82) is 0 Å². The molecule has 0 aliphatic heterocycles. The number of sulfone groups is 1. The number of hydrogen-bond donors (Lipinski definition) is 0. The monoisotopic (exact) mass is 412 g/mol. The molecule has 0 spiro atoms. The smallest absolute Gasteiger partial charge is 0.406 e. The van der Waals surface area contributed by atoms with Gasteiger partial charge in [-0.2, -0.15) is 0 Å². The largest absolute Gasteiger partial charge is 0.573 e. The van der Waals surface area contributed by atoms with E-state index in [-0.39, 0.29) is 26.5 Å². The van der Waals surface area contributed by atoms with E-state index in [9.17, 15) is 21.6 Å². The summed E-state index contributed by atoms with van der Waals surface area (Å²) in [6, 6.07) is 5.81. The number of halogens is 5. The second-order valence-corrected chi connectivity index (χ2v) is 7.50. The van der Waals surface area contributed by atoms with E-state index in [1.807, 2.05) is 0 Å². The number of aliphatic imine (C=N–C) groups is 1. The minimum absolute atomic E-state index is 0.00685. The first kappa shape index (κ1) is 19.5. The highest BCUT2D eigenvalue weighted by Crippen LogP contribution is 2.32. The molecular formula is C14H9Cl2F3N2O3S. The van der Waals surface area contributed by atoms with Crippen LogP contribution < -0.4 is 4.74 Å². The van der Waals surface area contributed by atoms with Crippen molar-refractivity contribution in [2.75, 3.05) is 6.26 Å². The molecule has 2 aromatic rings. The molecule has 2 rings (SSSR count). The number of nitrogens with zero attached hydrogens (tertiary/aromatic N) is 2. The molecule has 0 bridgehead atoms. The predicted octanol–water partition coefficient (Wildman–Crippen LogP) is 4.35. The van der Waals surface area contributed by atoms with Crippen molar-refractivity contribution in [3.63, 3.8) is 0 Å². The van der Waals surface area contributed by atoms with Gasteiger partial charge in [0.25, 0.3) is 0 Å². The van der Waals surface area contributed by atoms with Crippen molar-refractivity contribution in [2.45, 2.75) is 11.3 Å². The Balaban J connectivity index is 2.27. The van der Waals surface area contributed by atoms with Crippen molar-refractivity contribution in [3.8, 4) is 5.75 Å². The summed E-state index contributed by atoms with van der Waals surface area (Å²) in [6.45, 7) is 0. The standard InChI is InChI=1S/C14H9Cl2F3N2O3S/c1-25(22,23)9-3-5-12(20-7-9)13(16)21-11-4-2-8(6-10(11)15)24-14(17,18)19/h2-7H,1H3. The molecular weight excluding hydrogens is 404 g/mol. The van der Waals surface area contributed by atoms with Gasteiger partial charge >= 0.3 is 6.36 Å². The van der Waals surface area contributed by atoms with Crippen LogP contribution in [0.4, 0.5) is 18.9 Å². The zero-order valence-corrected chi connectivity index (χ0v) is 14.7. The van der Waals surface area contributed by atoms with E-state index in [0.29, 0.717) is 0 Å². The first-order valence-corrected chi connectivity index (χ1v) is 9.06. The Labute approximate surface area is 151 Å². The highest BCUT2D eigenvalue weighted by molar-refractivity contribution is 7.90. The molecule has 1 aromatic carbocycles. The van der Waals surface area contributed by atoms with Gasteiger partial charge in [0.2, 0.25) is 0 Å². The molecule has 0 aliphatic carbocycles. The first-order chi connectivity index (χ1) is 11.5. The third-order valence-electron chi connectivity index (χ3n) is 2.75. The Morgan fingerprint density at radius 3 is 2.40 bits per heavy atom. The molecule has 1 heterocycles. The van der Waals surface area contributed by atoms with Gasteiger partial charge in [-0.15, -0.1) is 13.2 Å². The van der Waals surface area contributed by atoms with Crippen LogP contribution in [0.1, 0.15) is 5.69 Å². The molecule has 0 radical (unpaired) electrons. The molecule has 0 N–H and O–H groups in total. The van der Waals surface area contributed by atoms with Crippen LogP contribution in [0.25, 0.3) is 0 Å². The van der Waals surface area contributed by atoms with Crippen molar-refractivity contribution in [1.82, 2.24) is 4.98 Å². The third kappa shape index (κ3) is 5.58. The number of pyridine rings is 1. The lowest BCUT2D eigenvalue weighted by molar-refractivity contribution is -0.274. The van der Waals surface area contributed by atoms with Gasteiger partial charge in [-0.3, -0.25) is 4.98 Å². The van der Waals surface area contributed by atoms with E-state index in [2.05, 4.69) is 14.7 Å². The van der Waals surface area contributed by atoms with Crippen LogP contribution in [0.15, 0.2) is 46.4 Å². The van der Waals surface area contributed by atoms with Gasteiger partial charge in [0.1, 0.15) is 11.4 Å². The van der Waals surface area contributed by atoms with Crippen LogP contribution in [-0.4, -0.2) is 31.2 Å². The maximum atomic E-state index is 12.2. The minimum atomic E-state index is -4.84. The SMILES string of the molecule is CS(=O)(=O)c1ccc(C(Cl)=Nc2ccc(OC(F)(F)F)cc2Cl)nc1. The average Bonchev–Trinajstić information content (AvgIpc) is 2.47. The van der Waals surface area contributed by atoms with Gasteiger partial charge in [-0.1, -0.05) is 23.2 Å². The molecule has 0 amide bonds. The molecule has 0 fully saturated rings. The summed E-state index contributed by atoms with van der Waals surface area (Å²) in [7, 11) is -3.40. The third-order valence-corrected chi connectivity index (χ3v) is 4.43. The number of aromatic nitrogens is 1. The van der Waals surface area contributed by atoms with Crippen molar-refractivity contribution < 1.29 is 26.3 Å². The summed E-state index contributed by atoms with van der Waals surface area (Å²) < 4.78 is 62.9. The maximum Gasteiger partial charge on any atom is 0.573 e. The van der Waals surface area contributed by atoms with Gasteiger partial charge in [0.05, 0.1) is 15.6 Å². The Kier molecular flexibility index (Phi) is 5.60. The predicted molar refractivity (Wildman–Crippen MR) is 87.5 cm³/mol. The van der Waals surface area contributed by atoms with E-state index in [1.54, 1.807) is 0 Å². The summed E-state index contributed by atoms with van der Waals surface area (Å²) in [5, 5.41) is -0.237. The van der Waals surface area contributed by atoms with Gasteiger partial charge in [-0.25, -0.2) is 13.4 Å². The average molecular weight is 413 g/mol. The molecule has 0 unspecified atom stereocenters. The highest BCUT2D eigenvalue weighted by atomic mass is 35.5. The number of rotatable bonds is 4. The Bertz CT molecular complexity index is 914. The zero-order valence-electron chi connectivity index (χ0n) is 12.4. The Hall–Kier alpha value is -1.84. The van der Waals surface area contributed by atoms with Gasteiger partial charge < -0.3 is 4.74 Å². The van der Waals surface area contributed by atoms with Crippen LogP contribution in [-0.2, 0) is 9.84 Å². The maximum absolute atomic E-state index is 12.2. The molecule has 0 saturated heterocycles. The molecule has 1 aromatic heterocycles. The second kappa shape index (κ2) is 7.19. The molecule has 0 aliphatic rings. The second-order valence-electron chi connectivity index (χ2n) is 4.71. The topological polar surface area (TPSA) is 68.6 Å². The number of hydrogen-bond acceptors (Lipinski definition) is 5. The van der Waals surface area contributed by atoms with Crippen molar-refractivity contribution >= 4 is 43.9 Å². The fourth-order valence-corrected chi connectivity index (χ4v) is 2.64. The van der Waals surface area contributed by atoms with E-state index in [0.717, 1.165) is 24.6 Å². The van der Waals surface area contributed by atoms with E-state index < -0.39 is 21.9 Å². The zero-order chi connectivity index (χ0) is 18.8. The molecule has 5 nitrogen and oxygen atoms in total. The fourth-order valence-electron chi connectivity index (χ4n) is 1.66. The van der Waals surface area contributed by atoms with Crippen molar-refractivity contribution in [2.24, 2.45) is 4.99 Å². The molecule has 0 saturated carbocycles. The molecule has 0 atom stereocenters. The van der Waals surface area contributed by atoms with Gasteiger partial charge in [0.15, 0.2) is 15.0 Å². The lowest BCUT2D eigenvalue weighted by Gasteiger charge is -2.09. The number of ether oxygens (including phenoxy) is 1. The van der Waals surface area contributed by atoms with E-state index >= 15 is 0 Å².